The Balaban J connectivity index is 4.67. The van der Waals surface area contributed by atoms with Crippen LogP contribution in [-0.2, 0) is 0 Å². The molecule has 0 aromatic heterocycles. The van der Waals surface area contributed by atoms with E-state index in [1.54, 1.807) is 0 Å². The Morgan fingerprint density at radius 2 is 2.27 bits per heavy atom. The van der Waals surface area contributed by atoms with E-state index >= 15 is 0 Å². The molecule has 0 aliphatic carbocycles. The van der Waals surface area contributed by atoms with E-state index in [2.05, 4.69) is 6.58 Å². The average Bonchev–Trinajstić information content (AvgIpc) is 1.88. The Labute approximate surface area is 64.3 Å². The highest BCUT2D eigenvalue weighted by Crippen LogP contribution is 2.06. The first-order valence-electron chi connectivity index (χ1n) is 2.96. The van der Waals surface area contributed by atoms with E-state index < -0.39 is 4.92 Å². The van der Waals surface area contributed by atoms with Crippen LogP contribution in [0.1, 0.15) is 6.92 Å². The van der Waals surface area contributed by atoms with Gasteiger partial charge in [-0.2, -0.15) is 0 Å². The highest BCUT2D eigenvalue weighted by molar-refractivity contribution is 5.20. The summed E-state index contributed by atoms with van der Waals surface area (Å²) in [5, 5.41) is 19.1. The molecule has 4 nitrogen and oxygen atoms in total. The zero-order valence-electron chi connectivity index (χ0n) is 6.15. The summed E-state index contributed by atoms with van der Waals surface area (Å²) in [4.78, 5) is 9.49. The lowest BCUT2D eigenvalue weighted by atomic mass is 10.3. The minimum atomic E-state index is -0.657. The second-order valence-corrected chi connectivity index (χ2v) is 1.72. The van der Waals surface area contributed by atoms with Gasteiger partial charge < -0.3 is 5.11 Å². The first-order valence-corrected chi connectivity index (χ1v) is 2.96. The topological polar surface area (TPSA) is 63.4 Å². The van der Waals surface area contributed by atoms with Gasteiger partial charge in [0.1, 0.15) is 0 Å². The molecule has 4 heteroatoms. The Bertz CT molecular complexity index is 228. The highest BCUT2D eigenvalue weighted by Gasteiger charge is 2.12. The van der Waals surface area contributed by atoms with Crippen LogP contribution in [0.15, 0.2) is 36.3 Å². The smallest absolute Gasteiger partial charge is 0.306 e. The van der Waals surface area contributed by atoms with Crippen molar-refractivity contribution in [3.8, 4) is 0 Å². The minimum absolute atomic E-state index is 0.315. The molecular weight excluding hydrogens is 146 g/mol. The lowest BCUT2D eigenvalue weighted by Gasteiger charge is -1.93. The lowest BCUT2D eigenvalue weighted by molar-refractivity contribution is -0.424. The van der Waals surface area contributed by atoms with Gasteiger partial charge in [-0.3, -0.25) is 10.1 Å². The van der Waals surface area contributed by atoms with E-state index in [0.29, 0.717) is 0 Å². The fourth-order valence-corrected chi connectivity index (χ4v) is 0.544. The third-order valence-corrected chi connectivity index (χ3v) is 1.01. The van der Waals surface area contributed by atoms with E-state index in [-0.39, 0.29) is 11.5 Å². The van der Waals surface area contributed by atoms with E-state index in [9.17, 15) is 10.1 Å². The standard InChI is InChI=1S/C7H9NO3/c1-3-5-7(9)6(4-2)8(10)11/h3-5,9H,1H2,2H3/b6-4+,7-5+. The summed E-state index contributed by atoms with van der Waals surface area (Å²) < 4.78 is 0. The number of hydrogen-bond donors (Lipinski definition) is 1. The molecule has 0 aliphatic heterocycles. The Kier molecular flexibility index (Phi) is 3.66. The van der Waals surface area contributed by atoms with Crippen LogP contribution in [0.2, 0.25) is 0 Å². The van der Waals surface area contributed by atoms with E-state index in [0.717, 1.165) is 6.08 Å². The van der Waals surface area contributed by atoms with Gasteiger partial charge in [-0.25, -0.2) is 0 Å². The SMILES string of the molecule is C=C/C=C(O)\C(=C/C)[N+](=O)[O-]. The maximum absolute atomic E-state index is 10.1. The maximum atomic E-state index is 10.1. The van der Waals surface area contributed by atoms with Gasteiger partial charge >= 0.3 is 5.70 Å². The quantitative estimate of drug-likeness (QED) is 0.292. The van der Waals surface area contributed by atoms with Crippen molar-refractivity contribution < 1.29 is 10.0 Å². The number of rotatable bonds is 3. The first kappa shape index (κ1) is 9.42. The molecule has 0 saturated carbocycles. The molecule has 0 bridgehead atoms. The number of aliphatic hydroxyl groups excluding tert-OH is 1. The van der Waals surface area contributed by atoms with Crippen molar-refractivity contribution in [1.82, 2.24) is 0 Å². The summed E-state index contributed by atoms with van der Waals surface area (Å²) in [5.74, 6) is -0.382. The maximum Gasteiger partial charge on any atom is 0.306 e. The molecule has 0 amide bonds. The normalized spacial score (nSPS) is 12.8. The predicted octanol–water partition coefficient (Wildman–Crippen LogP) is 1.79. The molecule has 1 N–H and O–H groups in total. The van der Waals surface area contributed by atoms with Crippen molar-refractivity contribution in [3.63, 3.8) is 0 Å². The fourth-order valence-electron chi connectivity index (χ4n) is 0.544. The molecule has 0 aromatic rings. The van der Waals surface area contributed by atoms with Crippen LogP contribution in [-0.4, -0.2) is 10.0 Å². The van der Waals surface area contributed by atoms with Gasteiger partial charge in [-0.05, 0) is 19.1 Å². The lowest BCUT2D eigenvalue weighted by Crippen LogP contribution is -2.00. The number of hydrogen-bond acceptors (Lipinski definition) is 3. The number of nitro groups is 1. The Morgan fingerprint density at radius 3 is 2.55 bits per heavy atom. The van der Waals surface area contributed by atoms with Crippen molar-refractivity contribution in [2.24, 2.45) is 0 Å². The van der Waals surface area contributed by atoms with Gasteiger partial charge in [0, 0.05) is 0 Å². The van der Waals surface area contributed by atoms with Crippen molar-refractivity contribution in [2.75, 3.05) is 0 Å². The second kappa shape index (κ2) is 4.27. The van der Waals surface area contributed by atoms with Crippen LogP contribution < -0.4 is 0 Å². The average molecular weight is 155 g/mol. The van der Waals surface area contributed by atoms with Gasteiger partial charge in [0.05, 0.1) is 4.92 Å². The van der Waals surface area contributed by atoms with Crippen molar-refractivity contribution >= 4 is 0 Å². The molecule has 0 fully saturated rings. The van der Waals surface area contributed by atoms with Gasteiger partial charge in [0.25, 0.3) is 0 Å². The van der Waals surface area contributed by atoms with Gasteiger partial charge in [-0.15, -0.1) is 0 Å². The van der Waals surface area contributed by atoms with Gasteiger partial charge in [-0.1, -0.05) is 12.7 Å². The van der Waals surface area contributed by atoms with E-state index in [1.165, 1.54) is 19.1 Å². The van der Waals surface area contributed by atoms with Crippen LogP contribution in [0.4, 0.5) is 0 Å². The van der Waals surface area contributed by atoms with E-state index in [4.69, 9.17) is 5.11 Å². The molecular formula is C7H9NO3. The number of aliphatic hydroxyl groups is 1. The summed E-state index contributed by atoms with van der Waals surface area (Å²) in [7, 11) is 0. The summed E-state index contributed by atoms with van der Waals surface area (Å²) >= 11 is 0. The summed E-state index contributed by atoms with van der Waals surface area (Å²) in [5.41, 5.74) is -0.315. The zero-order valence-corrected chi connectivity index (χ0v) is 6.15. The fraction of sp³-hybridized carbons (Fsp3) is 0.143. The van der Waals surface area contributed by atoms with Gasteiger partial charge in [0.15, 0.2) is 5.76 Å². The summed E-state index contributed by atoms with van der Waals surface area (Å²) in [6.45, 7) is 4.77. The summed E-state index contributed by atoms with van der Waals surface area (Å²) in [6.07, 6.45) is 3.66. The molecule has 0 heterocycles. The molecule has 0 radical (unpaired) electrons. The van der Waals surface area contributed by atoms with Crippen LogP contribution in [0, 0.1) is 10.1 Å². The third kappa shape index (κ3) is 2.66. The monoisotopic (exact) mass is 155 g/mol. The van der Waals surface area contributed by atoms with Crippen LogP contribution in [0.3, 0.4) is 0 Å². The predicted molar refractivity (Wildman–Crippen MR) is 41.7 cm³/mol. The zero-order chi connectivity index (χ0) is 8.85. The highest BCUT2D eigenvalue weighted by atomic mass is 16.6. The molecule has 60 valence electrons. The number of nitrogens with zero attached hydrogens (tertiary/aromatic N) is 1. The second-order valence-electron chi connectivity index (χ2n) is 1.72. The molecule has 0 aliphatic rings. The molecule has 11 heavy (non-hydrogen) atoms. The van der Waals surface area contributed by atoms with Crippen molar-refractivity contribution in [3.05, 3.63) is 46.4 Å². The minimum Gasteiger partial charge on any atom is -0.502 e. The molecule has 0 spiro atoms. The van der Waals surface area contributed by atoms with Crippen molar-refractivity contribution in [1.29, 1.82) is 0 Å². The molecule has 0 unspecified atom stereocenters. The van der Waals surface area contributed by atoms with Crippen LogP contribution >= 0.6 is 0 Å². The van der Waals surface area contributed by atoms with Crippen LogP contribution in [0.5, 0.6) is 0 Å². The Hall–Kier alpha value is -1.58. The third-order valence-electron chi connectivity index (χ3n) is 1.01. The molecule has 0 rings (SSSR count). The molecule has 0 saturated heterocycles. The number of allylic oxidation sites excluding steroid dienone is 3. The molecule has 0 atom stereocenters. The Morgan fingerprint density at radius 1 is 1.73 bits per heavy atom. The van der Waals surface area contributed by atoms with Crippen LogP contribution in [0.25, 0.3) is 0 Å². The van der Waals surface area contributed by atoms with E-state index in [1.807, 2.05) is 0 Å². The molecule has 0 aromatic carbocycles. The summed E-state index contributed by atoms with van der Waals surface area (Å²) in [6, 6.07) is 0. The first-order chi connectivity index (χ1) is 5.13. The van der Waals surface area contributed by atoms with Crippen molar-refractivity contribution in [2.45, 2.75) is 6.92 Å². The van der Waals surface area contributed by atoms with Gasteiger partial charge in [0.2, 0.25) is 0 Å². The largest absolute Gasteiger partial charge is 0.502 e.